The molecule has 0 amide bonds. The Kier molecular flexibility index (Phi) is 4.18. The molecule has 1 N–H and O–H groups in total. The summed E-state index contributed by atoms with van der Waals surface area (Å²) in [4.78, 5) is 0. The van der Waals surface area contributed by atoms with Crippen LogP contribution >= 0.6 is 0 Å². The van der Waals surface area contributed by atoms with E-state index >= 15 is 0 Å². The van der Waals surface area contributed by atoms with E-state index in [1.807, 2.05) is 11.7 Å². The molecule has 17 heavy (non-hydrogen) atoms. The molecular formula is C13H23N3O. The fraction of sp³-hybridized carbons (Fsp3) is 0.769. The molecule has 96 valence electrons. The van der Waals surface area contributed by atoms with Crippen molar-refractivity contribution in [1.82, 2.24) is 15.1 Å². The monoisotopic (exact) mass is 237 g/mol. The lowest BCUT2D eigenvalue weighted by Crippen LogP contribution is -2.22. The Bertz CT molecular complexity index is 356. The minimum absolute atomic E-state index is 0.381. The van der Waals surface area contributed by atoms with Gasteiger partial charge in [0.15, 0.2) is 0 Å². The van der Waals surface area contributed by atoms with E-state index in [0.717, 1.165) is 31.4 Å². The summed E-state index contributed by atoms with van der Waals surface area (Å²) in [6.07, 6.45) is 4.54. The van der Waals surface area contributed by atoms with Crippen molar-refractivity contribution >= 4 is 0 Å². The van der Waals surface area contributed by atoms with E-state index in [9.17, 15) is 0 Å². The smallest absolute Gasteiger partial charge is 0.0641 e. The van der Waals surface area contributed by atoms with E-state index in [2.05, 4.69) is 30.5 Å². The van der Waals surface area contributed by atoms with Gasteiger partial charge in [0, 0.05) is 38.1 Å². The molecule has 2 unspecified atom stereocenters. The van der Waals surface area contributed by atoms with Gasteiger partial charge in [0.1, 0.15) is 0 Å². The lowest BCUT2D eigenvalue weighted by atomic mass is 10.0. The van der Waals surface area contributed by atoms with E-state index in [4.69, 9.17) is 4.74 Å². The number of rotatable bonds is 5. The largest absolute Gasteiger partial charge is 0.381 e. The molecule has 0 radical (unpaired) electrons. The maximum atomic E-state index is 5.38. The number of hydrogen-bond donors (Lipinski definition) is 1. The summed E-state index contributed by atoms with van der Waals surface area (Å²) in [5.74, 6) is 0.754. The van der Waals surface area contributed by atoms with E-state index in [0.29, 0.717) is 6.04 Å². The molecule has 0 aromatic carbocycles. The van der Waals surface area contributed by atoms with Gasteiger partial charge in [-0.15, -0.1) is 0 Å². The summed E-state index contributed by atoms with van der Waals surface area (Å²) in [5.41, 5.74) is 2.42. The van der Waals surface area contributed by atoms with Crippen molar-refractivity contribution in [3.8, 4) is 0 Å². The van der Waals surface area contributed by atoms with Crippen LogP contribution in [0.2, 0.25) is 0 Å². The Morgan fingerprint density at radius 1 is 1.65 bits per heavy atom. The molecule has 0 bridgehead atoms. The molecule has 1 aliphatic heterocycles. The van der Waals surface area contributed by atoms with Crippen LogP contribution in [-0.4, -0.2) is 29.5 Å². The average molecular weight is 237 g/mol. The highest BCUT2D eigenvalue weighted by Crippen LogP contribution is 2.18. The second-order valence-electron chi connectivity index (χ2n) is 5.04. The molecule has 1 aromatic heterocycles. The maximum absolute atomic E-state index is 5.38. The number of hydrogen-bond acceptors (Lipinski definition) is 3. The highest BCUT2D eigenvalue weighted by molar-refractivity contribution is 5.19. The van der Waals surface area contributed by atoms with Gasteiger partial charge in [-0.2, -0.15) is 5.10 Å². The molecule has 2 heterocycles. The van der Waals surface area contributed by atoms with Gasteiger partial charge < -0.3 is 10.1 Å². The van der Waals surface area contributed by atoms with Gasteiger partial charge in [0.25, 0.3) is 0 Å². The number of aryl methyl sites for hydroxylation is 2. The zero-order valence-electron chi connectivity index (χ0n) is 11.1. The van der Waals surface area contributed by atoms with Gasteiger partial charge in [0.05, 0.1) is 5.69 Å². The summed E-state index contributed by atoms with van der Waals surface area (Å²) >= 11 is 0. The van der Waals surface area contributed by atoms with Gasteiger partial charge in [0.2, 0.25) is 0 Å². The molecule has 2 atom stereocenters. The normalized spacial score (nSPS) is 21.9. The first-order valence-corrected chi connectivity index (χ1v) is 6.48. The second kappa shape index (κ2) is 5.65. The summed E-state index contributed by atoms with van der Waals surface area (Å²) < 4.78 is 7.26. The van der Waals surface area contributed by atoms with E-state index < -0.39 is 0 Å². The zero-order chi connectivity index (χ0) is 12.3. The van der Waals surface area contributed by atoms with Gasteiger partial charge in [-0.05, 0) is 39.2 Å². The maximum Gasteiger partial charge on any atom is 0.0641 e. The topological polar surface area (TPSA) is 39.1 Å². The lowest BCUT2D eigenvalue weighted by Gasteiger charge is -2.14. The minimum Gasteiger partial charge on any atom is -0.381 e. The van der Waals surface area contributed by atoms with Crippen LogP contribution in [-0.2, 0) is 11.8 Å². The second-order valence-corrected chi connectivity index (χ2v) is 5.04. The molecule has 0 spiro atoms. The van der Waals surface area contributed by atoms with Gasteiger partial charge in [-0.1, -0.05) is 0 Å². The van der Waals surface area contributed by atoms with Crippen LogP contribution in [0, 0.1) is 12.8 Å². The van der Waals surface area contributed by atoms with Crippen molar-refractivity contribution in [2.45, 2.75) is 32.7 Å². The van der Waals surface area contributed by atoms with Gasteiger partial charge in [-0.25, -0.2) is 0 Å². The first-order valence-electron chi connectivity index (χ1n) is 6.48. The van der Waals surface area contributed by atoms with E-state index in [1.165, 1.54) is 18.4 Å². The van der Waals surface area contributed by atoms with Crippen LogP contribution in [0.4, 0.5) is 0 Å². The Morgan fingerprint density at radius 2 is 2.47 bits per heavy atom. The Labute approximate surface area is 103 Å². The average Bonchev–Trinajstić information content (AvgIpc) is 2.88. The van der Waals surface area contributed by atoms with Crippen LogP contribution in [0.5, 0.6) is 0 Å². The fourth-order valence-corrected chi connectivity index (χ4v) is 2.47. The highest BCUT2D eigenvalue weighted by Gasteiger charge is 2.16. The van der Waals surface area contributed by atoms with Crippen molar-refractivity contribution in [3.05, 3.63) is 17.5 Å². The molecule has 4 heteroatoms. The third-order valence-electron chi connectivity index (χ3n) is 3.55. The molecule has 2 rings (SSSR count). The lowest BCUT2D eigenvalue weighted by molar-refractivity contribution is 0.184. The van der Waals surface area contributed by atoms with Crippen molar-refractivity contribution in [2.75, 3.05) is 19.8 Å². The van der Waals surface area contributed by atoms with Crippen LogP contribution in [0.25, 0.3) is 0 Å². The van der Waals surface area contributed by atoms with Gasteiger partial charge >= 0.3 is 0 Å². The summed E-state index contributed by atoms with van der Waals surface area (Å²) in [6.45, 7) is 7.22. The molecule has 4 nitrogen and oxygen atoms in total. The zero-order valence-corrected chi connectivity index (χ0v) is 11.1. The fourth-order valence-electron chi connectivity index (χ4n) is 2.47. The number of nitrogens with one attached hydrogen (secondary N) is 1. The molecule has 1 aromatic rings. The molecule has 1 saturated heterocycles. The predicted octanol–water partition coefficient (Wildman–Crippen LogP) is 1.81. The first kappa shape index (κ1) is 12.6. The Morgan fingerprint density at radius 3 is 3.06 bits per heavy atom. The number of aromatic nitrogens is 2. The summed E-state index contributed by atoms with van der Waals surface area (Å²) in [6, 6.07) is 0.381. The summed E-state index contributed by atoms with van der Waals surface area (Å²) in [7, 11) is 1.97. The van der Waals surface area contributed by atoms with Crippen LogP contribution in [0.3, 0.4) is 0 Å². The third-order valence-corrected chi connectivity index (χ3v) is 3.55. The highest BCUT2D eigenvalue weighted by atomic mass is 16.5. The number of ether oxygens (including phenoxy) is 1. The first-order chi connectivity index (χ1) is 8.16. The van der Waals surface area contributed by atoms with E-state index in [1.54, 1.807) is 0 Å². The number of nitrogens with zero attached hydrogens (tertiary/aromatic N) is 2. The van der Waals surface area contributed by atoms with Crippen molar-refractivity contribution in [2.24, 2.45) is 13.0 Å². The molecule has 1 aliphatic rings. The van der Waals surface area contributed by atoms with Crippen LogP contribution in [0.15, 0.2) is 6.20 Å². The van der Waals surface area contributed by atoms with Crippen molar-refractivity contribution in [1.29, 1.82) is 0 Å². The SMILES string of the molecule is Cc1nn(C)cc1C(C)NCCC1CCOC1. The van der Waals surface area contributed by atoms with Gasteiger partial charge in [-0.3, -0.25) is 4.68 Å². The van der Waals surface area contributed by atoms with Crippen LogP contribution in [0.1, 0.15) is 37.1 Å². The molecule has 0 aliphatic carbocycles. The van der Waals surface area contributed by atoms with Crippen molar-refractivity contribution < 1.29 is 4.74 Å². The van der Waals surface area contributed by atoms with E-state index in [-0.39, 0.29) is 0 Å². The molecular weight excluding hydrogens is 214 g/mol. The summed E-state index contributed by atoms with van der Waals surface area (Å²) in [5, 5.41) is 7.95. The van der Waals surface area contributed by atoms with Crippen molar-refractivity contribution in [3.63, 3.8) is 0 Å². The van der Waals surface area contributed by atoms with Crippen LogP contribution < -0.4 is 5.32 Å². The Hall–Kier alpha value is -0.870. The predicted molar refractivity (Wildman–Crippen MR) is 67.9 cm³/mol. The quantitative estimate of drug-likeness (QED) is 0.849. The minimum atomic E-state index is 0.381. The molecule has 0 saturated carbocycles. The third kappa shape index (κ3) is 3.30. The Balaban J connectivity index is 1.76. The molecule has 1 fully saturated rings. The standard InChI is InChI=1S/C13H23N3O/c1-10(13-8-16(3)15-11(13)2)14-6-4-12-5-7-17-9-12/h8,10,12,14H,4-7,9H2,1-3H3.